The monoisotopic (exact) mass is 321 g/mol. The van der Waals surface area contributed by atoms with E-state index in [-0.39, 0.29) is 6.04 Å². The van der Waals surface area contributed by atoms with Crippen molar-refractivity contribution < 1.29 is 4.42 Å². The Labute approximate surface area is 123 Å². The SMILES string of the molecule is CCNC(c1occc1Br)C(CC)c1ccccc1. The molecular formula is C16H20BrNO. The number of hydrogen-bond acceptors (Lipinski definition) is 2. The predicted octanol–water partition coefficient (Wildman–Crippen LogP) is 4.89. The molecule has 0 aliphatic rings. The summed E-state index contributed by atoms with van der Waals surface area (Å²) in [6.45, 7) is 5.27. The Hall–Kier alpha value is -1.06. The van der Waals surface area contributed by atoms with Crippen molar-refractivity contribution in [2.45, 2.75) is 32.2 Å². The lowest BCUT2D eigenvalue weighted by Gasteiger charge is -2.26. The van der Waals surface area contributed by atoms with Crippen LogP contribution in [-0.2, 0) is 0 Å². The van der Waals surface area contributed by atoms with Crippen LogP contribution in [0.25, 0.3) is 0 Å². The predicted molar refractivity (Wildman–Crippen MR) is 82.3 cm³/mol. The molecule has 2 atom stereocenters. The Morgan fingerprint density at radius 1 is 1.16 bits per heavy atom. The van der Waals surface area contributed by atoms with Gasteiger partial charge in [-0.25, -0.2) is 0 Å². The largest absolute Gasteiger partial charge is 0.466 e. The number of likely N-dealkylation sites (N-methyl/N-ethyl adjacent to an activating group) is 1. The third-order valence-electron chi connectivity index (χ3n) is 3.42. The summed E-state index contributed by atoms with van der Waals surface area (Å²) in [6.07, 6.45) is 2.80. The van der Waals surface area contributed by atoms with Crippen molar-refractivity contribution in [3.8, 4) is 0 Å². The molecule has 0 fully saturated rings. The van der Waals surface area contributed by atoms with Crippen molar-refractivity contribution in [2.75, 3.05) is 6.54 Å². The van der Waals surface area contributed by atoms with Crippen LogP contribution < -0.4 is 5.32 Å². The maximum atomic E-state index is 5.67. The normalized spacial score (nSPS) is 14.3. The Bertz CT molecular complexity index is 494. The summed E-state index contributed by atoms with van der Waals surface area (Å²) in [6, 6.07) is 12.8. The quantitative estimate of drug-likeness (QED) is 0.819. The minimum Gasteiger partial charge on any atom is -0.466 e. The van der Waals surface area contributed by atoms with Gasteiger partial charge in [0.25, 0.3) is 0 Å². The zero-order valence-electron chi connectivity index (χ0n) is 11.4. The summed E-state index contributed by atoms with van der Waals surface area (Å²) in [4.78, 5) is 0. The molecule has 2 aromatic rings. The van der Waals surface area contributed by atoms with E-state index < -0.39 is 0 Å². The minimum absolute atomic E-state index is 0.196. The highest BCUT2D eigenvalue weighted by atomic mass is 79.9. The number of furan rings is 1. The molecule has 1 N–H and O–H groups in total. The van der Waals surface area contributed by atoms with Gasteiger partial charge in [0.15, 0.2) is 0 Å². The molecule has 1 heterocycles. The fourth-order valence-electron chi connectivity index (χ4n) is 2.53. The van der Waals surface area contributed by atoms with Crippen molar-refractivity contribution in [3.05, 3.63) is 58.5 Å². The summed E-state index contributed by atoms with van der Waals surface area (Å²) in [5.41, 5.74) is 1.35. The zero-order valence-corrected chi connectivity index (χ0v) is 13.0. The van der Waals surface area contributed by atoms with Gasteiger partial charge in [-0.3, -0.25) is 0 Å². The molecule has 102 valence electrons. The summed E-state index contributed by atoms with van der Waals surface area (Å²) in [7, 11) is 0. The van der Waals surface area contributed by atoms with Gasteiger partial charge in [-0.15, -0.1) is 0 Å². The Balaban J connectivity index is 2.34. The second-order valence-electron chi connectivity index (χ2n) is 4.59. The van der Waals surface area contributed by atoms with Crippen LogP contribution in [-0.4, -0.2) is 6.54 Å². The highest BCUT2D eigenvalue weighted by Crippen LogP contribution is 2.37. The first-order chi connectivity index (χ1) is 9.27. The number of benzene rings is 1. The molecule has 1 aromatic carbocycles. The molecule has 2 nitrogen and oxygen atoms in total. The Morgan fingerprint density at radius 2 is 1.89 bits per heavy atom. The van der Waals surface area contributed by atoms with E-state index in [1.807, 2.05) is 6.07 Å². The van der Waals surface area contributed by atoms with E-state index >= 15 is 0 Å². The van der Waals surface area contributed by atoms with Crippen molar-refractivity contribution in [1.82, 2.24) is 5.32 Å². The van der Waals surface area contributed by atoms with Gasteiger partial charge in [-0.2, -0.15) is 0 Å². The molecule has 0 amide bonds. The summed E-state index contributed by atoms with van der Waals surface area (Å²) in [5.74, 6) is 1.39. The van der Waals surface area contributed by atoms with E-state index in [9.17, 15) is 0 Å². The highest BCUT2D eigenvalue weighted by Gasteiger charge is 2.26. The fraction of sp³-hybridized carbons (Fsp3) is 0.375. The summed E-state index contributed by atoms with van der Waals surface area (Å²) in [5, 5.41) is 3.55. The fourth-order valence-corrected chi connectivity index (χ4v) is 2.98. The number of nitrogens with one attached hydrogen (secondary N) is 1. The Kier molecular flexibility index (Phi) is 5.23. The van der Waals surface area contributed by atoms with Gasteiger partial charge in [0.05, 0.1) is 16.8 Å². The van der Waals surface area contributed by atoms with Gasteiger partial charge < -0.3 is 9.73 Å². The Morgan fingerprint density at radius 3 is 2.42 bits per heavy atom. The molecule has 2 unspecified atom stereocenters. The zero-order chi connectivity index (χ0) is 13.7. The van der Waals surface area contributed by atoms with Crippen LogP contribution in [0.15, 0.2) is 51.6 Å². The van der Waals surface area contributed by atoms with Gasteiger partial charge in [-0.05, 0) is 40.5 Å². The average molecular weight is 322 g/mol. The molecule has 0 saturated heterocycles. The van der Waals surface area contributed by atoms with Gasteiger partial charge >= 0.3 is 0 Å². The maximum absolute atomic E-state index is 5.67. The van der Waals surface area contributed by atoms with Gasteiger partial charge in [0.2, 0.25) is 0 Å². The van der Waals surface area contributed by atoms with Crippen molar-refractivity contribution in [3.63, 3.8) is 0 Å². The first-order valence-electron chi connectivity index (χ1n) is 6.79. The highest BCUT2D eigenvalue weighted by molar-refractivity contribution is 9.10. The first-order valence-corrected chi connectivity index (χ1v) is 7.58. The molecule has 0 spiro atoms. The smallest absolute Gasteiger partial charge is 0.135 e. The van der Waals surface area contributed by atoms with Gasteiger partial charge in [0.1, 0.15) is 5.76 Å². The lowest BCUT2D eigenvalue weighted by Crippen LogP contribution is -2.26. The van der Waals surface area contributed by atoms with Crippen LogP contribution in [0.2, 0.25) is 0 Å². The van der Waals surface area contributed by atoms with Crippen LogP contribution >= 0.6 is 15.9 Å². The molecule has 0 aliphatic carbocycles. The molecular weight excluding hydrogens is 302 g/mol. The van der Waals surface area contributed by atoms with E-state index in [0.717, 1.165) is 23.2 Å². The van der Waals surface area contributed by atoms with Crippen LogP contribution in [0.3, 0.4) is 0 Å². The van der Waals surface area contributed by atoms with E-state index in [1.54, 1.807) is 6.26 Å². The van der Waals surface area contributed by atoms with E-state index in [2.05, 4.69) is 65.4 Å². The third-order valence-corrected chi connectivity index (χ3v) is 4.08. The minimum atomic E-state index is 0.196. The van der Waals surface area contributed by atoms with Crippen LogP contribution in [0.1, 0.15) is 43.6 Å². The maximum Gasteiger partial charge on any atom is 0.135 e. The van der Waals surface area contributed by atoms with E-state index in [0.29, 0.717) is 5.92 Å². The van der Waals surface area contributed by atoms with E-state index in [1.165, 1.54) is 5.56 Å². The molecule has 1 aromatic heterocycles. The van der Waals surface area contributed by atoms with Crippen LogP contribution in [0.5, 0.6) is 0 Å². The first kappa shape index (κ1) is 14.4. The molecule has 0 radical (unpaired) electrons. The molecule has 0 saturated carbocycles. The number of halogens is 1. The third kappa shape index (κ3) is 3.28. The molecule has 3 heteroatoms. The van der Waals surface area contributed by atoms with Gasteiger partial charge in [0, 0.05) is 5.92 Å². The van der Waals surface area contributed by atoms with E-state index in [4.69, 9.17) is 4.42 Å². The van der Waals surface area contributed by atoms with Crippen molar-refractivity contribution in [1.29, 1.82) is 0 Å². The summed E-state index contributed by atoms with van der Waals surface area (Å²) < 4.78 is 6.71. The topological polar surface area (TPSA) is 25.2 Å². The van der Waals surface area contributed by atoms with Crippen LogP contribution in [0, 0.1) is 0 Å². The van der Waals surface area contributed by atoms with Crippen LogP contribution in [0.4, 0.5) is 0 Å². The summed E-state index contributed by atoms with van der Waals surface area (Å²) >= 11 is 3.57. The lowest BCUT2D eigenvalue weighted by molar-refractivity contribution is 0.362. The second-order valence-corrected chi connectivity index (χ2v) is 5.45. The number of rotatable bonds is 6. The van der Waals surface area contributed by atoms with Crippen molar-refractivity contribution >= 4 is 15.9 Å². The van der Waals surface area contributed by atoms with Crippen molar-refractivity contribution in [2.24, 2.45) is 0 Å². The standard InChI is InChI=1S/C16H20BrNO/c1-3-13(12-8-6-5-7-9-12)15(18-4-2)16-14(17)10-11-19-16/h5-11,13,15,18H,3-4H2,1-2H3. The molecule has 0 aliphatic heterocycles. The molecule has 19 heavy (non-hydrogen) atoms. The second kappa shape index (κ2) is 6.92. The lowest BCUT2D eigenvalue weighted by atomic mass is 9.87. The van der Waals surface area contributed by atoms with Gasteiger partial charge in [-0.1, -0.05) is 44.2 Å². The average Bonchev–Trinajstić information content (AvgIpc) is 2.86. The molecule has 0 bridgehead atoms. The molecule has 2 rings (SSSR count). The number of hydrogen-bond donors (Lipinski definition) is 1.